The second-order valence-corrected chi connectivity index (χ2v) is 3.56. The summed E-state index contributed by atoms with van der Waals surface area (Å²) in [6.07, 6.45) is -3.81. The summed E-state index contributed by atoms with van der Waals surface area (Å²) in [6.45, 7) is 6.81. The first-order valence-electron chi connectivity index (χ1n) is 4.84. The third-order valence-corrected chi connectivity index (χ3v) is 2.56. The summed E-state index contributed by atoms with van der Waals surface area (Å²) in [6, 6.07) is 4.63. The Morgan fingerprint density at radius 3 is 2.61 bits per heavy atom. The number of hydrogen-bond acceptors (Lipinski definition) is 2. The lowest BCUT2D eigenvalue weighted by molar-refractivity contribution is -0.0928. The van der Waals surface area contributed by atoms with Crippen LogP contribution in [0.2, 0.25) is 0 Å². The molecule has 0 bridgehead atoms. The van der Waals surface area contributed by atoms with Crippen LogP contribution in [0, 0.1) is 17.9 Å². The Kier molecular flexibility index (Phi) is 2.72. The molecule has 6 heteroatoms. The van der Waals surface area contributed by atoms with E-state index in [1.54, 1.807) is 6.07 Å². The van der Waals surface area contributed by atoms with Gasteiger partial charge in [-0.15, -0.1) is 0 Å². The molecule has 1 aliphatic rings. The molecule has 0 atom stereocenters. The van der Waals surface area contributed by atoms with Crippen LogP contribution in [0.3, 0.4) is 0 Å². The van der Waals surface area contributed by atoms with Crippen LogP contribution < -0.4 is 0 Å². The summed E-state index contributed by atoms with van der Waals surface area (Å²) in [5, 5.41) is 8.93. The topological polar surface area (TPSA) is 41.3 Å². The molecule has 0 saturated carbocycles. The van der Waals surface area contributed by atoms with E-state index in [4.69, 9.17) is 16.3 Å². The lowest BCUT2D eigenvalue weighted by atomic mass is 10.1. The fourth-order valence-corrected chi connectivity index (χ4v) is 1.78. The fourth-order valence-electron chi connectivity index (χ4n) is 1.78. The summed E-state index contributed by atoms with van der Waals surface area (Å²) >= 11 is 0. The summed E-state index contributed by atoms with van der Waals surface area (Å²) in [4.78, 5) is 2.84. The molecule has 1 aliphatic carbocycles. The highest BCUT2D eigenvalue weighted by molar-refractivity contribution is 5.81. The van der Waals surface area contributed by atoms with E-state index >= 15 is 0 Å². The highest BCUT2D eigenvalue weighted by atomic mass is 19.4. The van der Waals surface area contributed by atoms with Crippen LogP contribution in [0.5, 0.6) is 0 Å². The van der Waals surface area contributed by atoms with Crippen molar-refractivity contribution in [1.82, 2.24) is 0 Å². The van der Waals surface area contributed by atoms with Gasteiger partial charge in [0.25, 0.3) is 0 Å². The number of hydrogen-bond donors (Lipinski definition) is 0. The van der Waals surface area contributed by atoms with Crippen molar-refractivity contribution in [2.24, 2.45) is 0 Å². The minimum absolute atomic E-state index is 0.112. The Bertz CT molecular complexity index is 622. The first-order valence-corrected chi connectivity index (χ1v) is 4.84. The minimum atomic E-state index is -4.61. The van der Waals surface area contributed by atoms with Crippen molar-refractivity contribution < 1.29 is 17.6 Å². The predicted molar refractivity (Wildman–Crippen MR) is 55.5 cm³/mol. The lowest BCUT2D eigenvalue weighted by Gasteiger charge is -2.08. The minimum Gasteiger partial charge on any atom is -0.465 e. The van der Waals surface area contributed by atoms with E-state index in [2.05, 4.69) is 4.85 Å². The average Bonchev–Trinajstić information content (AvgIpc) is 2.93. The summed E-state index contributed by atoms with van der Waals surface area (Å²) < 4.78 is 43.3. The Hall–Kier alpha value is -2.47. The quantitative estimate of drug-likeness (QED) is 0.713. The van der Waals surface area contributed by atoms with Gasteiger partial charge < -0.3 is 4.42 Å². The number of rotatable bonds is 1. The molecule has 3 nitrogen and oxygen atoms in total. The molecule has 0 saturated heterocycles. The number of furan rings is 1. The lowest BCUT2D eigenvalue weighted by Crippen LogP contribution is -2.11. The largest absolute Gasteiger partial charge is 0.465 e. The van der Waals surface area contributed by atoms with Gasteiger partial charge in [0.05, 0.1) is 24.5 Å². The van der Waals surface area contributed by atoms with Crippen LogP contribution in [0.15, 0.2) is 39.7 Å². The van der Waals surface area contributed by atoms with E-state index in [0.29, 0.717) is 0 Å². The van der Waals surface area contributed by atoms with Crippen molar-refractivity contribution in [3.63, 3.8) is 0 Å². The smallest absolute Gasteiger partial charge is 0.404 e. The molecule has 1 heterocycles. The predicted octanol–water partition coefficient (Wildman–Crippen LogP) is 3.70. The molecule has 2 rings (SSSR count). The van der Waals surface area contributed by atoms with E-state index in [0.717, 1.165) is 0 Å². The molecule has 0 aliphatic heterocycles. The summed E-state index contributed by atoms with van der Waals surface area (Å²) in [7, 11) is 0. The average molecular weight is 250 g/mol. The third-order valence-electron chi connectivity index (χ3n) is 2.56. The van der Waals surface area contributed by atoms with Crippen LogP contribution in [-0.4, -0.2) is 6.18 Å². The maximum absolute atomic E-state index is 12.8. The number of allylic oxidation sites excluding steroid dienone is 3. The number of halogens is 3. The van der Waals surface area contributed by atoms with E-state index < -0.39 is 23.9 Å². The van der Waals surface area contributed by atoms with E-state index in [-0.39, 0.29) is 16.9 Å². The van der Waals surface area contributed by atoms with Crippen LogP contribution in [-0.2, 0) is 0 Å². The molecule has 0 radical (unpaired) electrons. The maximum atomic E-state index is 12.8. The van der Waals surface area contributed by atoms with Gasteiger partial charge in [-0.2, -0.15) is 18.4 Å². The molecule has 1 aromatic rings. The van der Waals surface area contributed by atoms with Gasteiger partial charge in [0.15, 0.2) is 0 Å². The maximum Gasteiger partial charge on any atom is 0.404 e. The van der Waals surface area contributed by atoms with Crippen molar-refractivity contribution in [3.8, 4) is 6.07 Å². The second kappa shape index (κ2) is 4.08. The van der Waals surface area contributed by atoms with E-state index in [1.807, 2.05) is 0 Å². The van der Waals surface area contributed by atoms with Crippen molar-refractivity contribution in [3.05, 3.63) is 52.4 Å². The fraction of sp³-hybridized carbons (Fsp3) is 0.167. The Balaban J connectivity index is 2.57. The van der Waals surface area contributed by atoms with Crippen molar-refractivity contribution in [2.75, 3.05) is 0 Å². The van der Waals surface area contributed by atoms with Gasteiger partial charge in [-0.3, -0.25) is 0 Å². The van der Waals surface area contributed by atoms with E-state index in [1.165, 1.54) is 18.4 Å². The zero-order valence-corrected chi connectivity index (χ0v) is 8.88. The molecule has 90 valence electrons. The van der Waals surface area contributed by atoms with Gasteiger partial charge in [-0.1, -0.05) is 0 Å². The van der Waals surface area contributed by atoms with Crippen molar-refractivity contribution in [2.45, 2.75) is 12.6 Å². The van der Waals surface area contributed by atoms with E-state index in [9.17, 15) is 13.2 Å². The van der Waals surface area contributed by atoms with Gasteiger partial charge in [0.2, 0.25) is 5.70 Å². The first-order chi connectivity index (χ1) is 8.49. The first kappa shape index (κ1) is 12.0. The van der Waals surface area contributed by atoms with Crippen molar-refractivity contribution in [1.29, 1.82) is 5.26 Å². The monoisotopic (exact) mass is 250 g/mol. The van der Waals surface area contributed by atoms with Gasteiger partial charge in [0.1, 0.15) is 5.76 Å². The second-order valence-electron chi connectivity index (χ2n) is 3.56. The number of nitriles is 1. The molecule has 0 fully saturated rings. The molecule has 0 unspecified atom stereocenters. The molecule has 0 aromatic carbocycles. The van der Waals surface area contributed by atoms with Gasteiger partial charge in [0, 0.05) is 11.1 Å². The standard InChI is InChI=1S/C12H5F3N2O/c1-17-11-8(6-16)7(10-3-2-4-18-10)5-9(11)12(13,14)15/h2-4H,5H2. The Morgan fingerprint density at radius 1 is 1.44 bits per heavy atom. The highest BCUT2D eigenvalue weighted by Crippen LogP contribution is 2.45. The molecule has 0 spiro atoms. The van der Waals surface area contributed by atoms with Gasteiger partial charge >= 0.3 is 6.18 Å². The molecular weight excluding hydrogens is 245 g/mol. The highest BCUT2D eigenvalue weighted by Gasteiger charge is 2.42. The SMILES string of the molecule is [C-]#[N+]C1=C(C(F)(F)F)CC(c2ccco2)=C1C#N. The zero-order chi connectivity index (χ0) is 13.3. The normalized spacial score (nSPS) is 15.8. The summed E-state index contributed by atoms with van der Waals surface area (Å²) in [5.74, 6) is 0.187. The summed E-state index contributed by atoms with van der Waals surface area (Å²) in [5.41, 5.74) is -1.76. The Labute approximate surface area is 100 Å². The molecule has 0 N–H and O–H groups in total. The molecule has 1 aromatic heterocycles. The van der Waals surface area contributed by atoms with Crippen molar-refractivity contribution >= 4 is 5.57 Å². The molecule has 0 amide bonds. The number of alkyl halides is 3. The van der Waals surface area contributed by atoms with Gasteiger partial charge in [-0.05, 0) is 18.6 Å². The molecular formula is C12H5F3N2O. The van der Waals surface area contributed by atoms with Crippen LogP contribution >= 0.6 is 0 Å². The zero-order valence-electron chi connectivity index (χ0n) is 8.88. The number of nitrogens with zero attached hydrogens (tertiary/aromatic N) is 2. The van der Waals surface area contributed by atoms with Gasteiger partial charge in [-0.25, -0.2) is 4.85 Å². The molecule has 18 heavy (non-hydrogen) atoms. The van der Waals surface area contributed by atoms with Crippen LogP contribution in [0.25, 0.3) is 10.4 Å². The third kappa shape index (κ3) is 1.78. The Morgan fingerprint density at radius 2 is 2.17 bits per heavy atom. The van der Waals surface area contributed by atoms with Crippen LogP contribution in [0.1, 0.15) is 12.2 Å². The van der Waals surface area contributed by atoms with Crippen LogP contribution in [0.4, 0.5) is 13.2 Å².